The van der Waals surface area contributed by atoms with Crippen LogP contribution >= 0.6 is 11.8 Å². The molecule has 1 heterocycles. The number of nitrogens with two attached hydrogens (primary N) is 1. The minimum Gasteiger partial charge on any atom is -0.380 e. The molecule has 4 nitrogen and oxygen atoms in total. The highest BCUT2D eigenvalue weighted by Gasteiger charge is 2.38. The highest BCUT2D eigenvalue weighted by atomic mass is 32.2. The van der Waals surface area contributed by atoms with Crippen LogP contribution in [0, 0.1) is 0 Å². The molecule has 0 aromatic heterocycles. The molecule has 1 saturated heterocycles. The molecule has 5 heteroatoms. The maximum absolute atomic E-state index is 6.04. The van der Waals surface area contributed by atoms with Gasteiger partial charge in [-0.3, -0.25) is 4.90 Å². The highest BCUT2D eigenvalue weighted by molar-refractivity contribution is 7.99. The Morgan fingerprint density at radius 3 is 2.17 bits per heavy atom. The first-order valence-electron chi connectivity index (χ1n) is 6.97. The van der Waals surface area contributed by atoms with Gasteiger partial charge in [0.15, 0.2) is 0 Å². The van der Waals surface area contributed by atoms with E-state index in [1.807, 2.05) is 25.6 Å². The molecule has 1 atom stereocenters. The summed E-state index contributed by atoms with van der Waals surface area (Å²) >= 11 is 2.01. The fraction of sp³-hybridized carbons (Fsp3) is 1.00. The van der Waals surface area contributed by atoms with Crippen molar-refractivity contribution in [2.45, 2.75) is 25.8 Å². The van der Waals surface area contributed by atoms with Crippen LogP contribution < -0.4 is 5.73 Å². The SMILES string of the molecule is CCOCCN(CCOCC)C1(CN)CCSC1. The van der Waals surface area contributed by atoms with E-state index in [4.69, 9.17) is 15.2 Å². The molecular formula is C13H28N2O2S. The van der Waals surface area contributed by atoms with Crippen LogP contribution in [0.25, 0.3) is 0 Å². The Balaban J connectivity index is 2.50. The molecule has 1 rings (SSSR count). The summed E-state index contributed by atoms with van der Waals surface area (Å²) in [5.41, 5.74) is 6.21. The average Bonchev–Trinajstić information content (AvgIpc) is 2.87. The third kappa shape index (κ3) is 4.70. The zero-order chi connectivity index (χ0) is 13.3. The van der Waals surface area contributed by atoms with Crippen LogP contribution in [0.2, 0.25) is 0 Å². The number of rotatable bonds is 10. The Kier molecular flexibility index (Phi) is 8.26. The van der Waals surface area contributed by atoms with Crippen molar-refractivity contribution in [3.8, 4) is 0 Å². The van der Waals surface area contributed by atoms with E-state index in [0.29, 0.717) is 0 Å². The second-order valence-electron chi connectivity index (χ2n) is 4.61. The first kappa shape index (κ1) is 16.2. The molecule has 0 bridgehead atoms. The monoisotopic (exact) mass is 276 g/mol. The van der Waals surface area contributed by atoms with Gasteiger partial charge < -0.3 is 15.2 Å². The lowest BCUT2D eigenvalue weighted by Gasteiger charge is -2.40. The van der Waals surface area contributed by atoms with Gasteiger partial charge in [-0.1, -0.05) is 0 Å². The second-order valence-corrected chi connectivity index (χ2v) is 5.72. The molecule has 0 spiro atoms. The normalized spacial score (nSPS) is 24.0. The fourth-order valence-electron chi connectivity index (χ4n) is 2.36. The van der Waals surface area contributed by atoms with Crippen LogP contribution in [-0.4, -0.2) is 68.0 Å². The summed E-state index contributed by atoms with van der Waals surface area (Å²) in [5, 5.41) is 0. The molecule has 0 radical (unpaired) electrons. The third-order valence-electron chi connectivity index (χ3n) is 3.55. The van der Waals surface area contributed by atoms with Gasteiger partial charge in [-0.2, -0.15) is 11.8 Å². The molecule has 0 aliphatic carbocycles. The standard InChI is InChI=1S/C13H28N2O2S/c1-3-16-8-6-15(7-9-17-4-2)13(11-14)5-10-18-12-13/h3-12,14H2,1-2H3. The van der Waals surface area contributed by atoms with Crippen molar-refractivity contribution in [1.82, 2.24) is 4.90 Å². The van der Waals surface area contributed by atoms with Crippen LogP contribution in [-0.2, 0) is 9.47 Å². The number of thioether (sulfide) groups is 1. The quantitative estimate of drug-likeness (QED) is 0.608. The Hall–Kier alpha value is 0.190. The molecule has 2 N–H and O–H groups in total. The maximum atomic E-state index is 6.04. The van der Waals surface area contributed by atoms with Gasteiger partial charge >= 0.3 is 0 Å². The molecule has 1 aliphatic rings. The molecule has 0 amide bonds. The second kappa shape index (κ2) is 9.15. The third-order valence-corrected chi connectivity index (χ3v) is 4.79. The predicted octanol–water partition coefficient (Wildman–Crippen LogP) is 1.20. The highest BCUT2D eigenvalue weighted by Crippen LogP contribution is 2.32. The first-order valence-corrected chi connectivity index (χ1v) is 8.13. The fourth-order valence-corrected chi connectivity index (χ4v) is 3.85. The number of hydrogen-bond donors (Lipinski definition) is 1. The zero-order valence-corrected chi connectivity index (χ0v) is 12.6. The molecule has 18 heavy (non-hydrogen) atoms. The van der Waals surface area contributed by atoms with E-state index < -0.39 is 0 Å². The number of ether oxygens (including phenoxy) is 2. The van der Waals surface area contributed by atoms with Crippen LogP contribution in [0.4, 0.5) is 0 Å². The topological polar surface area (TPSA) is 47.7 Å². The minimum absolute atomic E-state index is 0.166. The summed E-state index contributed by atoms with van der Waals surface area (Å²) in [7, 11) is 0. The van der Waals surface area contributed by atoms with E-state index in [1.54, 1.807) is 0 Å². The average molecular weight is 276 g/mol. The number of nitrogens with zero attached hydrogens (tertiary/aromatic N) is 1. The largest absolute Gasteiger partial charge is 0.380 e. The van der Waals surface area contributed by atoms with Gasteiger partial charge in [0.2, 0.25) is 0 Å². The van der Waals surface area contributed by atoms with Crippen molar-refractivity contribution >= 4 is 11.8 Å². The van der Waals surface area contributed by atoms with E-state index in [9.17, 15) is 0 Å². The lowest BCUT2D eigenvalue weighted by atomic mass is 9.96. The van der Waals surface area contributed by atoms with Crippen LogP contribution in [0.15, 0.2) is 0 Å². The molecule has 1 aliphatic heterocycles. The number of hydrogen-bond acceptors (Lipinski definition) is 5. The predicted molar refractivity (Wildman–Crippen MR) is 78.3 cm³/mol. The van der Waals surface area contributed by atoms with Gasteiger partial charge in [-0.25, -0.2) is 0 Å². The minimum atomic E-state index is 0.166. The van der Waals surface area contributed by atoms with Crippen molar-refractivity contribution in [2.75, 3.05) is 57.6 Å². The van der Waals surface area contributed by atoms with Gasteiger partial charge in [0, 0.05) is 44.1 Å². The molecule has 1 unspecified atom stereocenters. The molecule has 1 fully saturated rings. The Morgan fingerprint density at radius 1 is 1.17 bits per heavy atom. The summed E-state index contributed by atoms with van der Waals surface area (Å²) in [6.07, 6.45) is 1.19. The Labute approximate surface area is 116 Å². The molecule has 108 valence electrons. The molecule has 0 aromatic carbocycles. The molecule has 0 saturated carbocycles. The van der Waals surface area contributed by atoms with E-state index in [1.165, 1.54) is 12.2 Å². The summed E-state index contributed by atoms with van der Waals surface area (Å²) in [6.45, 7) is 9.86. The first-order chi connectivity index (χ1) is 8.79. The lowest BCUT2D eigenvalue weighted by molar-refractivity contribution is 0.0330. The smallest absolute Gasteiger partial charge is 0.0593 e. The van der Waals surface area contributed by atoms with E-state index in [2.05, 4.69) is 4.90 Å². The molecule has 0 aromatic rings. The van der Waals surface area contributed by atoms with Crippen LogP contribution in [0.5, 0.6) is 0 Å². The lowest BCUT2D eigenvalue weighted by Crippen LogP contribution is -2.56. The van der Waals surface area contributed by atoms with Gasteiger partial charge in [-0.05, 0) is 26.0 Å². The van der Waals surface area contributed by atoms with Crippen LogP contribution in [0.3, 0.4) is 0 Å². The summed E-state index contributed by atoms with van der Waals surface area (Å²) in [6, 6.07) is 0. The summed E-state index contributed by atoms with van der Waals surface area (Å²) in [5.74, 6) is 2.36. The van der Waals surface area contributed by atoms with Gasteiger partial charge in [-0.15, -0.1) is 0 Å². The van der Waals surface area contributed by atoms with Gasteiger partial charge in [0.1, 0.15) is 0 Å². The van der Waals surface area contributed by atoms with Crippen molar-refractivity contribution < 1.29 is 9.47 Å². The van der Waals surface area contributed by atoms with Crippen molar-refractivity contribution in [3.63, 3.8) is 0 Å². The van der Waals surface area contributed by atoms with Crippen LogP contribution in [0.1, 0.15) is 20.3 Å². The summed E-state index contributed by atoms with van der Waals surface area (Å²) < 4.78 is 11.0. The van der Waals surface area contributed by atoms with E-state index >= 15 is 0 Å². The van der Waals surface area contributed by atoms with Crippen molar-refractivity contribution in [3.05, 3.63) is 0 Å². The maximum Gasteiger partial charge on any atom is 0.0593 e. The van der Waals surface area contributed by atoms with Crippen molar-refractivity contribution in [1.29, 1.82) is 0 Å². The van der Waals surface area contributed by atoms with Crippen molar-refractivity contribution in [2.24, 2.45) is 5.73 Å². The Bertz CT molecular complexity index is 201. The van der Waals surface area contributed by atoms with E-state index in [0.717, 1.165) is 51.8 Å². The van der Waals surface area contributed by atoms with E-state index in [-0.39, 0.29) is 5.54 Å². The summed E-state index contributed by atoms with van der Waals surface area (Å²) in [4.78, 5) is 2.48. The zero-order valence-electron chi connectivity index (χ0n) is 11.8. The Morgan fingerprint density at radius 2 is 1.78 bits per heavy atom. The molecular weight excluding hydrogens is 248 g/mol. The van der Waals surface area contributed by atoms with Gasteiger partial charge in [0.05, 0.1) is 13.2 Å². The van der Waals surface area contributed by atoms with Gasteiger partial charge in [0.25, 0.3) is 0 Å².